The van der Waals surface area contributed by atoms with Crippen molar-refractivity contribution in [1.29, 1.82) is 0 Å². The summed E-state index contributed by atoms with van der Waals surface area (Å²) in [5.41, 5.74) is 1.51. The van der Waals surface area contributed by atoms with Gasteiger partial charge in [0.05, 0.1) is 10.9 Å². The van der Waals surface area contributed by atoms with Crippen LogP contribution in [0.4, 0.5) is 4.39 Å². The van der Waals surface area contributed by atoms with Crippen LogP contribution in [0.3, 0.4) is 0 Å². The molecule has 0 amide bonds. The van der Waals surface area contributed by atoms with Crippen LogP contribution < -0.4 is 5.56 Å². The standard InChI is InChI=1S/C19H19FN2O2S/c1-13(14-7-9-15(20)10-8-14)25-19-21-17-6-3-2-5-16(17)18(24)22(19)11-4-12-23/h2-3,5-10,13,23H,4,11-12H2,1H3/t13-/m0/s1. The highest BCUT2D eigenvalue weighted by Crippen LogP contribution is 2.33. The van der Waals surface area contributed by atoms with Crippen molar-refractivity contribution >= 4 is 22.7 Å². The molecule has 3 rings (SSSR count). The Hall–Kier alpha value is -2.18. The predicted molar refractivity (Wildman–Crippen MR) is 98.4 cm³/mol. The molecule has 6 heteroatoms. The van der Waals surface area contributed by atoms with Gasteiger partial charge in [-0.2, -0.15) is 0 Å². The quantitative estimate of drug-likeness (QED) is 0.538. The number of thioether (sulfide) groups is 1. The van der Waals surface area contributed by atoms with Crippen molar-refractivity contribution in [3.63, 3.8) is 0 Å². The van der Waals surface area contributed by atoms with Crippen LogP contribution in [-0.4, -0.2) is 21.3 Å². The second-order valence-electron chi connectivity index (χ2n) is 5.76. The Kier molecular flexibility index (Phi) is 5.50. The lowest BCUT2D eigenvalue weighted by Crippen LogP contribution is -2.24. The maximum absolute atomic E-state index is 13.1. The third kappa shape index (κ3) is 3.91. The van der Waals surface area contributed by atoms with Crippen LogP contribution in [0.2, 0.25) is 0 Å². The number of aliphatic hydroxyl groups is 1. The van der Waals surface area contributed by atoms with Crippen LogP contribution in [0, 0.1) is 5.82 Å². The van der Waals surface area contributed by atoms with Gasteiger partial charge in [0, 0.05) is 18.4 Å². The van der Waals surface area contributed by atoms with Crippen LogP contribution in [-0.2, 0) is 6.54 Å². The number of aliphatic hydroxyl groups excluding tert-OH is 1. The fourth-order valence-corrected chi connectivity index (χ4v) is 3.69. The summed E-state index contributed by atoms with van der Waals surface area (Å²) in [6.07, 6.45) is 0.485. The molecule has 0 bridgehead atoms. The molecule has 1 aromatic heterocycles. The fourth-order valence-electron chi connectivity index (χ4n) is 2.62. The smallest absolute Gasteiger partial charge is 0.262 e. The molecule has 1 heterocycles. The molecule has 0 fully saturated rings. The second-order valence-corrected chi connectivity index (χ2v) is 7.07. The predicted octanol–water partition coefficient (Wildman–Crippen LogP) is 3.77. The number of para-hydroxylation sites is 1. The number of nitrogens with zero attached hydrogens (tertiary/aromatic N) is 2. The van der Waals surface area contributed by atoms with Gasteiger partial charge in [-0.3, -0.25) is 9.36 Å². The number of hydrogen-bond acceptors (Lipinski definition) is 4. The Morgan fingerprint density at radius 3 is 2.64 bits per heavy atom. The first-order valence-corrected chi connectivity index (χ1v) is 9.00. The van der Waals surface area contributed by atoms with Crippen LogP contribution in [0.1, 0.15) is 24.2 Å². The van der Waals surface area contributed by atoms with Crippen molar-refractivity contribution in [2.24, 2.45) is 0 Å². The largest absolute Gasteiger partial charge is 0.396 e. The van der Waals surface area contributed by atoms with Gasteiger partial charge in [0.2, 0.25) is 0 Å². The number of hydrogen-bond donors (Lipinski definition) is 1. The van der Waals surface area contributed by atoms with Crippen molar-refractivity contribution in [3.8, 4) is 0 Å². The number of fused-ring (bicyclic) bond motifs is 1. The summed E-state index contributed by atoms with van der Waals surface area (Å²) in [6, 6.07) is 13.6. The molecule has 0 aliphatic carbocycles. The highest BCUT2D eigenvalue weighted by atomic mass is 32.2. The SMILES string of the molecule is C[C@H](Sc1nc2ccccc2c(=O)n1CCCO)c1ccc(F)cc1. The molecule has 0 spiro atoms. The lowest BCUT2D eigenvalue weighted by molar-refractivity contribution is 0.276. The van der Waals surface area contributed by atoms with Gasteiger partial charge in [-0.25, -0.2) is 9.37 Å². The van der Waals surface area contributed by atoms with E-state index >= 15 is 0 Å². The van der Waals surface area contributed by atoms with Gasteiger partial charge in [-0.1, -0.05) is 36.0 Å². The average molecular weight is 358 g/mol. The second kappa shape index (κ2) is 7.80. The maximum atomic E-state index is 13.1. The number of rotatable bonds is 6. The molecule has 0 saturated carbocycles. The molecule has 4 nitrogen and oxygen atoms in total. The lowest BCUT2D eigenvalue weighted by atomic mass is 10.2. The molecule has 0 radical (unpaired) electrons. The summed E-state index contributed by atoms with van der Waals surface area (Å²) in [7, 11) is 0. The van der Waals surface area contributed by atoms with E-state index in [4.69, 9.17) is 5.11 Å². The molecule has 0 aliphatic rings. The van der Waals surface area contributed by atoms with E-state index in [-0.39, 0.29) is 23.2 Å². The first kappa shape index (κ1) is 17.6. The van der Waals surface area contributed by atoms with Crippen LogP contribution >= 0.6 is 11.8 Å². The van der Waals surface area contributed by atoms with Gasteiger partial charge in [0.25, 0.3) is 5.56 Å². The summed E-state index contributed by atoms with van der Waals surface area (Å²) >= 11 is 1.46. The van der Waals surface area contributed by atoms with E-state index in [1.54, 1.807) is 22.8 Å². The van der Waals surface area contributed by atoms with Crippen molar-refractivity contribution in [2.45, 2.75) is 30.3 Å². The van der Waals surface area contributed by atoms with E-state index < -0.39 is 0 Å². The highest BCUT2D eigenvalue weighted by Gasteiger charge is 2.15. The number of aromatic nitrogens is 2. The van der Waals surface area contributed by atoms with Crippen molar-refractivity contribution < 1.29 is 9.50 Å². The van der Waals surface area contributed by atoms with Gasteiger partial charge >= 0.3 is 0 Å². The van der Waals surface area contributed by atoms with Gasteiger partial charge in [-0.05, 0) is 43.2 Å². The first-order valence-electron chi connectivity index (χ1n) is 8.12. The molecule has 1 N–H and O–H groups in total. The monoisotopic (exact) mass is 358 g/mol. The van der Waals surface area contributed by atoms with E-state index in [0.29, 0.717) is 29.0 Å². The Balaban J connectivity index is 2.01. The fraction of sp³-hybridized carbons (Fsp3) is 0.263. The zero-order valence-electron chi connectivity index (χ0n) is 13.9. The van der Waals surface area contributed by atoms with E-state index in [1.807, 2.05) is 25.1 Å². The van der Waals surface area contributed by atoms with Gasteiger partial charge in [-0.15, -0.1) is 0 Å². The molecule has 130 valence electrons. The van der Waals surface area contributed by atoms with Crippen molar-refractivity contribution in [3.05, 3.63) is 70.3 Å². The summed E-state index contributed by atoms with van der Waals surface area (Å²) in [4.78, 5) is 17.4. The summed E-state index contributed by atoms with van der Waals surface area (Å²) in [6.45, 7) is 2.41. The molecule has 2 aromatic carbocycles. The molecule has 3 aromatic rings. The minimum absolute atomic E-state index is 0.00837. The van der Waals surface area contributed by atoms with E-state index in [0.717, 1.165) is 5.56 Å². The Labute approximate surface area is 149 Å². The Morgan fingerprint density at radius 1 is 1.20 bits per heavy atom. The van der Waals surface area contributed by atoms with E-state index in [9.17, 15) is 9.18 Å². The van der Waals surface area contributed by atoms with E-state index in [2.05, 4.69) is 4.98 Å². The third-order valence-corrected chi connectivity index (χ3v) is 5.14. The molecule has 25 heavy (non-hydrogen) atoms. The van der Waals surface area contributed by atoms with E-state index in [1.165, 1.54) is 23.9 Å². The normalized spacial score (nSPS) is 12.4. The summed E-state index contributed by atoms with van der Waals surface area (Å²) < 4.78 is 14.7. The van der Waals surface area contributed by atoms with Crippen LogP contribution in [0.25, 0.3) is 10.9 Å². The molecule has 0 aliphatic heterocycles. The van der Waals surface area contributed by atoms with Crippen molar-refractivity contribution in [2.75, 3.05) is 6.61 Å². The molecule has 0 saturated heterocycles. The minimum Gasteiger partial charge on any atom is -0.396 e. The van der Waals surface area contributed by atoms with Gasteiger partial charge in [0.1, 0.15) is 5.82 Å². The molecular weight excluding hydrogens is 339 g/mol. The Bertz CT molecular complexity index is 925. The molecular formula is C19H19FN2O2S. The van der Waals surface area contributed by atoms with Gasteiger partial charge in [0.15, 0.2) is 5.16 Å². The topological polar surface area (TPSA) is 55.1 Å². The maximum Gasteiger partial charge on any atom is 0.262 e. The van der Waals surface area contributed by atoms with Crippen LogP contribution in [0.15, 0.2) is 58.5 Å². The number of benzene rings is 2. The zero-order valence-corrected chi connectivity index (χ0v) is 14.7. The molecule has 1 atom stereocenters. The van der Waals surface area contributed by atoms with Crippen molar-refractivity contribution in [1.82, 2.24) is 9.55 Å². The average Bonchev–Trinajstić information content (AvgIpc) is 2.62. The number of halogens is 1. The first-order chi connectivity index (χ1) is 12.1. The molecule has 0 unspecified atom stereocenters. The summed E-state index contributed by atoms with van der Waals surface area (Å²) in [5, 5.41) is 10.3. The lowest BCUT2D eigenvalue weighted by Gasteiger charge is -2.16. The Morgan fingerprint density at radius 2 is 1.92 bits per heavy atom. The highest BCUT2D eigenvalue weighted by molar-refractivity contribution is 7.99. The van der Waals surface area contributed by atoms with Gasteiger partial charge < -0.3 is 5.11 Å². The zero-order chi connectivity index (χ0) is 17.8. The third-order valence-electron chi connectivity index (χ3n) is 3.99. The van der Waals surface area contributed by atoms with Crippen LogP contribution in [0.5, 0.6) is 0 Å². The minimum atomic E-state index is -0.273. The summed E-state index contributed by atoms with van der Waals surface area (Å²) in [5.74, 6) is -0.273.